The Labute approximate surface area is 129 Å². The summed E-state index contributed by atoms with van der Waals surface area (Å²) >= 11 is 1.44. The zero-order valence-corrected chi connectivity index (χ0v) is 13.4. The van der Waals surface area contributed by atoms with Crippen molar-refractivity contribution in [1.82, 2.24) is 4.90 Å². The largest absolute Gasteiger partial charge is 0.393 e. The van der Waals surface area contributed by atoms with E-state index in [0.717, 1.165) is 41.2 Å². The van der Waals surface area contributed by atoms with Crippen molar-refractivity contribution in [3.05, 3.63) is 21.4 Å². The van der Waals surface area contributed by atoms with E-state index in [1.54, 1.807) is 0 Å². The quantitative estimate of drug-likeness (QED) is 0.816. The lowest BCUT2D eigenvalue weighted by atomic mass is 9.92. The number of hydrogen-bond donors (Lipinski definition) is 2. The van der Waals surface area contributed by atoms with Crippen LogP contribution in [0.3, 0.4) is 0 Å². The second-order valence-corrected chi connectivity index (χ2v) is 6.55. The van der Waals surface area contributed by atoms with Gasteiger partial charge in [0.2, 0.25) is 0 Å². The molecule has 1 unspecified atom stereocenters. The van der Waals surface area contributed by atoms with Crippen molar-refractivity contribution >= 4 is 17.2 Å². The highest BCUT2D eigenvalue weighted by Crippen LogP contribution is 2.26. The topological polar surface area (TPSA) is 66.6 Å². The molecule has 21 heavy (non-hydrogen) atoms. The molecule has 1 atom stereocenters. The standard InChI is InChI=1S/C16H22N2O2S/c1-11-10-15(21-14(11)4-3-7-17)16(20)18-8-5-13(6-9-18)12(2)19/h10,12-13,19H,5-9,17H2,1-2H3. The highest BCUT2D eigenvalue weighted by Gasteiger charge is 2.26. The van der Waals surface area contributed by atoms with Gasteiger partial charge in [0, 0.05) is 13.1 Å². The Morgan fingerprint density at radius 2 is 2.24 bits per heavy atom. The Hall–Kier alpha value is -1.35. The summed E-state index contributed by atoms with van der Waals surface area (Å²) < 4.78 is 0. The van der Waals surface area contributed by atoms with Crippen LogP contribution in [0.4, 0.5) is 0 Å². The van der Waals surface area contributed by atoms with Crippen LogP contribution in [-0.2, 0) is 0 Å². The van der Waals surface area contributed by atoms with Crippen molar-refractivity contribution in [1.29, 1.82) is 0 Å². The molecule has 0 bridgehead atoms. The summed E-state index contributed by atoms with van der Waals surface area (Å²) in [5.41, 5.74) is 6.41. The van der Waals surface area contributed by atoms with E-state index in [0.29, 0.717) is 12.5 Å². The lowest BCUT2D eigenvalue weighted by Gasteiger charge is -2.33. The monoisotopic (exact) mass is 306 g/mol. The van der Waals surface area contributed by atoms with Crippen molar-refractivity contribution in [2.45, 2.75) is 32.8 Å². The van der Waals surface area contributed by atoms with Gasteiger partial charge in [-0.2, -0.15) is 0 Å². The van der Waals surface area contributed by atoms with E-state index in [9.17, 15) is 9.90 Å². The first-order chi connectivity index (χ1) is 10.0. The van der Waals surface area contributed by atoms with Gasteiger partial charge in [-0.15, -0.1) is 11.3 Å². The van der Waals surface area contributed by atoms with Gasteiger partial charge in [-0.1, -0.05) is 11.8 Å². The van der Waals surface area contributed by atoms with Gasteiger partial charge in [0.1, 0.15) is 0 Å². The molecule has 0 radical (unpaired) electrons. The van der Waals surface area contributed by atoms with E-state index in [-0.39, 0.29) is 12.0 Å². The highest BCUT2D eigenvalue weighted by atomic mass is 32.1. The first-order valence-electron chi connectivity index (χ1n) is 7.29. The number of piperidine rings is 1. The van der Waals surface area contributed by atoms with Crippen molar-refractivity contribution in [2.75, 3.05) is 19.6 Å². The number of nitrogens with two attached hydrogens (primary N) is 1. The normalized spacial score (nSPS) is 17.2. The number of thiophene rings is 1. The van der Waals surface area contributed by atoms with Crippen molar-refractivity contribution < 1.29 is 9.90 Å². The molecule has 5 heteroatoms. The van der Waals surface area contributed by atoms with Crippen LogP contribution in [0.25, 0.3) is 0 Å². The maximum Gasteiger partial charge on any atom is 0.263 e. The molecule has 1 aliphatic rings. The molecule has 3 N–H and O–H groups in total. The summed E-state index contributed by atoms with van der Waals surface area (Å²) in [6, 6.07) is 1.91. The third-order valence-electron chi connectivity index (χ3n) is 3.94. The molecular formula is C16H22N2O2S. The van der Waals surface area contributed by atoms with Crippen LogP contribution >= 0.6 is 11.3 Å². The summed E-state index contributed by atoms with van der Waals surface area (Å²) in [6.45, 7) is 5.55. The molecule has 0 aliphatic carbocycles. The number of nitrogens with zero attached hydrogens (tertiary/aromatic N) is 1. The predicted octanol–water partition coefficient (Wildman–Crippen LogP) is 1.60. The predicted molar refractivity (Wildman–Crippen MR) is 85.3 cm³/mol. The van der Waals surface area contributed by atoms with Crippen LogP contribution in [0, 0.1) is 24.7 Å². The number of carbonyl (C=O) groups excluding carboxylic acids is 1. The van der Waals surface area contributed by atoms with Gasteiger partial charge in [-0.3, -0.25) is 4.79 Å². The average Bonchev–Trinajstić information content (AvgIpc) is 2.85. The molecule has 1 aromatic rings. The molecule has 0 aromatic carbocycles. The van der Waals surface area contributed by atoms with Crippen LogP contribution in [-0.4, -0.2) is 41.7 Å². The number of aliphatic hydroxyl groups excluding tert-OH is 1. The molecule has 1 saturated heterocycles. The fourth-order valence-corrected chi connectivity index (χ4v) is 3.60. The maximum absolute atomic E-state index is 12.5. The van der Waals surface area contributed by atoms with Crippen LogP contribution in [0.15, 0.2) is 6.07 Å². The second kappa shape index (κ2) is 7.08. The third-order valence-corrected chi connectivity index (χ3v) is 5.08. The number of rotatable bonds is 2. The fraction of sp³-hybridized carbons (Fsp3) is 0.562. The molecule has 2 heterocycles. The number of aryl methyl sites for hydroxylation is 1. The van der Waals surface area contributed by atoms with Crippen LogP contribution in [0.1, 0.15) is 39.9 Å². The molecule has 2 rings (SSSR count). The van der Waals surface area contributed by atoms with Crippen LogP contribution in [0.2, 0.25) is 0 Å². The van der Waals surface area contributed by atoms with Gasteiger partial charge >= 0.3 is 0 Å². The minimum absolute atomic E-state index is 0.0768. The summed E-state index contributed by atoms with van der Waals surface area (Å²) in [7, 11) is 0. The van der Waals surface area contributed by atoms with E-state index in [1.807, 2.05) is 24.8 Å². The van der Waals surface area contributed by atoms with Crippen molar-refractivity contribution in [2.24, 2.45) is 11.7 Å². The molecule has 1 amide bonds. The minimum Gasteiger partial charge on any atom is -0.393 e. The van der Waals surface area contributed by atoms with Crippen LogP contribution in [0.5, 0.6) is 0 Å². The number of aliphatic hydroxyl groups is 1. The first kappa shape index (κ1) is 16.0. The lowest BCUT2D eigenvalue weighted by Crippen LogP contribution is -2.40. The average molecular weight is 306 g/mol. The third kappa shape index (κ3) is 3.85. The summed E-state index contributed by atoms with van der Waals surface area (Å²) in [4.78, 5) is 16.1. The van der Waals surface area contributed by atoms with Gasteiger partial charge in [0.05, 0.1) is 22.4 Å². The molecule has 0 saturated carbocycles. The maximum atomic E-state index is 12.5. The van der Waals surface area contributed by atoms with E-state index in [1.165, 1.54) is 11.3 Å². The Morgan fingerprint density at radius 3 is 2.81 bits per heavy atom. The fourth-order valence-electron chi connectivity index (χ4n) is 2.58. The number of hydrogen-bond acceptors (Lipinski definition) is 4. The molecule has 1 aromatic heterocycles. The smallest absolute Gasteiger partial charge is 0.263 e. The van der Waals surface area contributed by atoms with E-state index in [4.69, 9.17) is 5.73 Å². The van der Waals surface area contributed by atoms with E-state index >= 15 is 0 Å². The molecule has 4 nitrogen and oxygen atoms in total. The van der Waals surface area contributed by atoms with Crippen molar-refractivity contribution in [3.8, 4) is 11.8 Å². The molecule has 1 fully saturated rings. The van der Waals surface area contributed by atoms with Gasteiger partial charge < -0.3 is 15.7 Å². The molecule has 114 valence electrons. The number of amides is 1. The summed E-state index contributed by atoms with van der Waals surface area (Å²) in [5.74, 6) is 6.23. The summed E-state index contributed by atoms with van der Waals surface area (Å²) in [6.07, 6.45) is 1.45. The van der Waals surface area contributed by atoms with Crippen molar-refractivity contribution in [3.63, 3.8) is 0 Å². The van der Waals surface area contributed by atoms with E-state index in [2.05, 4.69) is 11.8 Å². The summed E-state index contributed by atoms with van der Waals surface area (Å²) in [5, 5.41) is 9.61. The number of likely N-dealkylation sites (tertiary alicyclic amines) is 1. The number of carbonyl (C=O) groups is 1. The second-order valence-electron chi connectivity index (χ2n) is 5.50. The molecular weight excluding hydrogens is 284 g/mol. The Morgan fingerprint density at radius 1 is 1.57 bits per heavy atom. The Kier molecular flexibility index (Phi) is 5.40. The first-order valence-corrected chi connectivity index (χ1v) is 8.11. The SMILES string of the molecule is Cc1cc(C(=O)N2CCC(C(C)O)CC2)sc1C#CCN. The van der Waals surface area contributed by atoms with Gasteiger partial charge in [-0.25, -0.2) is 0 Å². The zero-order valence-electron chi connectivity index (χ0n) is 12.6. The minimum atomic E-state index is -0.288. The van der Waals surface area contributed by atoms with Gasteiger partial charge in [0.25, 0.3) is 5.91 Å². The van der Waals surface area contributed by atoms with Crippen LogP contribution < -0.4 is 5.73 Å². The Bertz CT molecular complexity index is 561. The van der Waals surface area contributed by atoms with Gasteiger partial charge in [-0.05, 0) is 44.2 Å². The molecule has 0 spiro atoms. The Balaban J connectivity index is 2.04. The van der Waals surface area contributed by atoms with E-state index < -0.39 is 0 Å². The lowest BCUT2D eigenvalue weighted by molar-refractivity contribution is 0.0525. The molecule has 1 aliphatic heterocycles. The highest BCUT2D eigenvalue weighted by molar-refractivity contribution is 7.14. The zero-order chi connectivity index (χ0) is 15.4. The van der Waals surface area contributed by atoms with Gasteiger partial charge in [0.15, 0.2) is 0 Å².